The highest BCUT2D eigenvalue weighted by molar-refractivity contribution is 5.71. The summed E-state index contributed by atoms with van der Waals surface area (Å²) in [6.07, 6.45) is 85.7. The van der Waals surface area contributed by atoms with Crippen LogP contribution in [0.15, 0.2) is 146 Å². The quantitative estimate of drug-likeness (QED) is 0.0261. The lowest BCUT2D eigenvalue weighted by molar-refractivity contribution is -0.166. The first-order chi connectivity index (χ1) is 36.0. The van der Waals surface area contributed by atoms with E-state index in [-0.39, 0.29) is 44.0 Å². The first-order valence-corrected chi connectivity index (χ1v) is 29.3. The molecule has 0 N–H and O–H groups in total. The second-order valence-corrected chi connectivity index (χ2v) is 18.8. The summed E-state index contributed by atoms with van der Waals surface area (Å²) < 4.78 is 16.8. The molecule has 0 aliphatic rings. The van der Waals surface area contributed by atoms with E-state index in [1.807, 2.05) is 12.2 Å². The van der Waals surface area contributed by atoms with E-state index >= 15 is 0 Å². The van der Waals surface area contributed by atoms with Gasteiger partial charge in [0.2, 0.25) is 0 Å². The van der Waals surface area contributed by atoms with Crippen LogP contribution in [0.1, 0.15) is 239 Å². The monoisotopic (exact) mass is 1010 g/mol. The number of hydrogen-bond donors (Lipinski definition) is 0. The molecular formula is C67H106O6. The molecule has 0 aliphatic heterocycles. The Morgan fingerprint density at radius 3 is 0.945 bits per heavy atom. The lowest BCUT2D eigenvalue weighted by Gasteiger charge is -2.18. The molecule has 0 radical (unpaired) electrons. The molecule has 6 nitrogen and oxygen atoms in total. The number of unbranched alkanes of at least 4 members (excludes halogenated alkanes) is 16. The Kier molecular flexibility index (Phi) is 56.0. The van der Waals surface area contributed by atoms with E-state index in [0.717, 1.165) is 103 Å². The third-order valence-corrected chi connectivity index (χ3v) is 11.8. The summed E-state index contributed by atoms with van der Waals surface area (Å²) in [5.41, 5.74) is 0. The van der Waals surface area contributed by atoms with Crippen LogP contribution < -0.4 is 0 Å². The second-order valence-electron chi connectivity index (χ2n) is 18.8. The molecule has 0 amide bonds. The zero-order chi connectivity index (χ0) is 52.9. The van der Waals surface area contributed by atoms with Gasteiger partial charge in [-0.2, -0.15) is 0 Å². The first kappa shape index (κ1) is 68.3. The summed E-state index contributed by atoms with van der Waals surface area (Å²) in [4.78, 5) is 38.1. The number of ether oxygens (including phenoxy) is 3. The average molecular weight is 1010 g/mol. The molecular weight excluding hydrogens is 901 g/mol. The van der Waals surface area contributed by atoms with Crippen LogP contribution in [0.2, 0.25) is 0 Å². The van der Waals surface area contributed by atoms with Crippen LogP contribution in [0.5, 0.6) is 0 Å². The topological polar surface area (TPSA) is 78.9 Å². The van der Waals surface area contributed by atoms with Gasteiger partial charge in [0.25, 0.3) is 0 Å². The fourth-order valence-corrected chi connectivity index (χ4v) is 7.49. The van der Waals surface area contributed by atoms with Gasteiger partial charge in [-0.1, -0.05) is 237 Å². The summed E-state index contributed by atoms with van der Waals surface area (Å²) in [5, 5.41) is 0. The van der Waals surface area contributed by atoms with Crippen LogP contribution in [-0.4, -0.2) is 37.2 Å². The predicted octanol–water partition coefficient (Wildman–Crippen LogP) is 20.0. The van der Waals surface area contributed by atoms with Gasteiger partial charge in [-0.3, -0.25) is 14.4 Å². The van der Waals surface area contributed by atoms with Crippen molar-refractivity contribution in [2.45, 2.75) is 245 Å². The van der Waals surface area contributed by atoms with Crippen LogP contribution in [-0.2, 0) is 28.6 Å². The van der Waals surface area contributed by atoms with Crippen LogP contribution >= 0.6 is 0 Å². The first-order valence-electron chi connectivity index (χ1n) is 29.3. The summed E-state index contributed by atoms with van der Waals surface area (Å²) in [7, 11) is 0. The fourth-order valence-electron chi connectivity index (χ4n) is 7.49. The van der Waals surface area contributed by atoms with Gasteiger partial charge in [-0.25, -0.2) is 0 Å². The maximum absolute atomic E-state index is 12.9. The van der Waals surface area contributed by atoms with Crippen molar-refractivity contribution >= 4 is 17.9 Å². The lowest BCUT2D eigenvalue weighted by atomic mass is 10.1. The zero-order valence-corrected chi connectivity index (χ0v) is 46.8. The SMILES string of the molecule is CC/C=C\C/C=C\C/C=C\C/C=C\C/C=C\C/C=C\CCCCC(=O)OCC(COC(=O)CC/C=C\C/C=C\C/C=C\C/C=C\CC)OC(=O)CCCCCCCCCCC/C=C\C/C=C\CCCCCCC. The lowest BCUT2D eigenvalue weighted by Crippen LogP contribution is -2.30. The standard InChI is InChI=1S/C67H106O6/c1-4-7-10-13-16-19-22-25-27-29-31-33-35-37-39-42-45-48-51-54-57-60-66(69)72-63-64(62-71-65(68)59-56-53-50-47-44-41-24-21-18-15-12-9-6-3)73-67(70)61-58-55-52-49-46-43-40-38-36-34-32-30-28-26-23-20-17-14-11-8-5-2/h7,9-10,12,16,18-19,21,23,25-27,30-33,37,39,41,44-45,48,50,53,64H,4-6,8,11,13-15,17,20,22,24,28-29,34-36,38,40,42-43,46-47,49,51-52,54-63H2,1-3H3/b10-7-,12-9-,19-16-,21-18-,26-23-,27-25-,32-30-,33-31-,39-37-,44-41-,48-45-,53-50-. The predicted molar refractivity (Wildman–Crippen MR) is 315 cm³/mol. The maximum Gasteiger partial charge on any atom is 0.306 e. The molecule has 410 valence electrons. The van der Waals surface area contributed by atoms with Crippen LogP contribution in [0.4, 0.5) is 0 Å². The Hall–Kier alpha value is -4.71. The number of esters is 3. The Labute approximate surface area is 448 Å². The van der Waals surface area contributed by atoms with Gasteiger partial charge in [0.15, 0.2) is 6.10 Å². The van der Waals surface area contributed by atoms with Crippen molar-refractivity contribution in [3.05, 3.63) is 146 Å². The van der Waals surface area contributed by atoms with Crippen molar-refractivity contribution in [3.8, 4) is 0 Å². The molecule has 0 aliphatic carbocycles. The smallest absolute Gasteiger partial charge is 0.306 e. The van der Waals surface area contributed by atoms with Crippen molar-refractivity contribution < 1.29 is 28.6 Å². The highest BCUT2D eigenvalue weighted by Crippen LogP contribution is 2.14. The van der Waals surface area contributed by atoms with E-state index in [4.69, 9.17) is 14.2 Å². The van der Waals surface area contributed by atoms with Crippen LogP contribution in [0, 0.1) is 0 Å². The van der Waals surface area contributed by atoms with Gasteiger partial charge in [-0.05, 0) is 128 Å². The normalized spacial score (nSPS) is 13.2. The van der Waals surface area contributed by atoms with Crippen molar-refractivity contribution in [2.75, 3.05) is 13.2 Å². The minimum absolute atomic E-state index is 0.130. The highest BCUT2D eigenvalue weighted by Gasteiger charge is 2.19. The van der Waals surface area contributed by atoms with Gasteiger partial charge < -0.3 is 14.2 Å². The van der Waals surface area contributed by atoms with E-state index in [9.17, 15) is 14.4 Å². The molecule has 0 fully saturated rings. The van der Waals surface area contributed by atoms with Crippen molar-refractivity contribution in [1.82, 2.24) is 0 Å². The molecule has 0 aromatic rings. The fraction of sp³-hybridized carbons (Fsp3) is 0.597. The molecule has 1 unspecified atom stereocenters. The molecule has 0 heterocycles. The molecule has 73 heavy (non-hydrogen) atoms. The molecule has 0 saturated carbocycles. The van der Waals surface area contributed by atoms with Crippen molar-refractivity contribution in [3.63, 3.8) is 0 Å². The summed E-state index contributed by atoms with van der Waals surface area (Å²) in [6, 6.07) is 0. The number of rotatable bonds is 51. The zero-order valence-electron chi connectivity index (χ0n) is 46.8. The molecule has 0 saturated heterocycles. The Bertz CT molecular complexity index is 1630. The Morgan fingerprint density at radius 1 is 0.288 bits per heavy atom. The second kappa shape index (κ2) is 59.8. The van der Waals surface area contributed by atoms with E-state index in [1.54, 1.807) is 0 Å². The largest absolute Gasteiger partial charge is 0.462 e. The van der Waals surface area contributed by atoms with E-state index < -0.39 is 6.10 Å². The molecule has 0 rings (SSSR count). The Morgan fingerprint density at radius 2 is 0.562 bits per heavy atom. The van der Waals surface area contributed by atoms with Gasteiger partial charge in [0.05, 0.1) is 0 Å². The van der Waals surface area contributed by atoms with Gasteiger partial charge in [0, 0.05) is 19.3 Å². The van der Waals surface area contributed by atoms with Gasteiger partial charge >= 0.3 is 17.9 Å². The molecule has 1 atom stereocenters. The molecule has 0 bridgehead atoms. The molecule has 0 aromatic carbocycles. The molecule has 6 heteroatoms. The number of carbonyl (C=O) groups is 3. The van der Waals surface area contributed by atoms with Crippen LogP contribution in [0.25, 0.3) is 0 Å². The average Bonchev–Trinajstić information content (AvgIpc) is 3.39. The minimum Gasteiger partial charge on any atom is -0.462 e. The highest BCUT2D eigenvalue weighted by atomic mass is 16.6. The molecule has 0 spiro atoms. The number of hydrogen-bond acceptors (Lipinski definition) is 6. The van der Waals surface area contributed by atoms with E-state index in [1.165, 1.54) is 83.5 Å². The van der Waals surface area contributed by atoms with Gasteiger partial charge in [0.1, 0.15) is 13.2 Å². The third kappa shape index (κ3) is 58.1. The van der Waals surface area contributed by atoms with Gasteiger partial charge in [-0.15, -0.1) is 0 Å². The van der Waals surface area contributed by atoms with Crippen LogP contribution in [0.3, 0.4) is 0 Å². The van der Waals surface area contributed by atoms with E-state index in [2.05, 4.69) is 154 Å². The Balaban J connectivity index is 4.52. The summed E-state index contributed by atoms with van der Waals surface area (Å²) >= 11 is 0. The number of carbonyl (C=O) groups excluding carboxylic acids is 3. The maximum atomic E-state index is 12.9. The van der Waals surface area contributed by atoms with Crippen molar-refractivity contribution in [1.29, 1.82) is 0 Å². The summed E-state index contributed by atoms with van der Waals surface area (Å²) in [6.45, 7) is 6.29. The molecule has 0 aromatic heterocycles. The third-order valence-electron chi connectivity index (χ3n) is 11.8. The minimum atomic E-state index is -0.834. The summed E-state index contributed by atoms with van der Waals surface area (Å²) in [5.74, 6) is -1.06. The van der Waals surface area contributed by atoms with Crippen molar-refractivity contribution in [2.24, 2.45) is 0 Å². The number of allylic oxidation sites excluding steroid dienone is 24. The van der Waals surface area contributed by atoms with E-state index in [0.29, 0.717) is 19.3 Å².